The smallest absolute Gasteiger partial charge is 0.192 e. The predicted molar refractivity (Wildman–Crippen MR) is 79.5 cm³/mol. The van der Waals surface area contributed by atoms with Gasteiger partial charge in [-0.25, -0.2) is 0 Å². The molecule has 0 spiro atoms. The Kier molecular flexibility index (Phi) is 3.42. The molecule has 3 rings (SSSR count). The molecule has 0 bridgehead atoms. The number of Topliss-reactive ketones (excluding diaryl/α,β-unsaturated/α-hetero) is 1. The summed E-state index contributed by atoms with van der Waals surface area (Å²) in [4.78, 5) is 12.6. The molecule has 98 valence electrons. The van der Waals surface area contributed by atoms with Gasteiger partial charge in [0.2, 0.25) is 0 Å². The first-order valence-electron chi connectivity index (χ1n) is 6.51. The van der Waals surface area contributed by atoms with Crippen LogP contribution < -0.4 is 0 Å². The molecule has 2 atom stereocenters. The average molecular weight is 319 g/mol. The maximum absolute atomic E-state index is 12.6. The summed E-state index contributed by atoms with van der Waals surface area (Å²) >= 11 is 3.53. The molecule has 1 aliphatic rings. The van der Waals surface area contributed by atoms with Gasteiger partial charge in [0.1, 0.15) is 6.10 Å². The van der Waals surface area contributed by atoms with E-state index in [0.717, 1.165) is 27.2 Å². The first-order valence-corrected chi connectivity index (χ1v) is 7.31. The number of hydrogen-bond donors (Lipinski definition) is 0. The minimum absolute atomic E-state index is 0.105. The number of halogens is 1. The molecule has 1 fully saturated rings. The summed E-state index contributed by atoms with van der Waals surface area (Å²) in [5.74, 6) is 0.406. The topological polar surface area (TPSA) is 26.3 Å². The SMILES string of the molecule is CC1CCOC1C(=O)c1ccc(Br)c2ccccc12. The summed E-state index contributed by atoms with van der Waals surface area (Å²) in [5, 5.41) is 2.06. The second-order valence-electron chi connectivity index (χ2n) is 5.06. The molecule has 2 aromatic carbocycles. The molecule has 2 nitrogen and oxygen atoms in total. The molecule has 3 heteroatoms. The zero-order valence-electron chi connectivity index (χ0n) is 10.7. The van der Waals surface area contributed by atoms with Crippen LogP contribution in [0.5, 0.6) is 0 Å². The molecule has 0 radical (unpaired) electrons. The molecular weight excluding hydrogens is 304 g/mol. The van der Waals surface area contributed by atoms with Gasteiger partial charge in [-0.1, -0.05) is 47.1 Å². The van der Waals surface area contributed by atoms with E-state index >= 15 is 0 Å². The first kappa shape index (κ1) is 12.8. The molecule has 0 aromatic heterocycles. The van der Waals surface area contributed by atoms with Crippen LogP contribution in [0.15, 0.2) is 40.9 Å². The molecule has 0 N–H and O–H groups in total. The quantitative estimate of drug-likeness (QED) is 0.775. The van der Waals surface area contributed by atoms with Gasteiger partial charge in [0.15, 0.2) is 5.78 Å². The molecule has 1 aliphatic heterocycles. The van der Waals surface area contributed by atoms with Crippen LogP contribution in [0.4, 0.5) is 0 Å². The van der Waals surface area contributed by atoms with Crippen LogP contribution in [0, 0.1) is 5.92 Å². The first-order chi connectivity index (χ1) is 9.18. The lowest BCUT2D eigenvalue weighted by molar-refractivity contribution is 0.0581. The zero-order chi connectivity index (χ0) is 13.4. The highest BCUT2D eigenvalue weighted by Gasteiger charge is 2.32. The highest BCUT2D eigenvalue weighted by molar-refractivity contribution is 9.10. The van der Waals surface area contributed by atoms with Gasteiger partial charge in [-0.15, -0.1) is 0 Å². The van der Waals surface area contributed by atoms with Crippen molar-refractivity contribution in [1.82, 2.24) is 0 Å². The standard InChI is InChI=1S/C16H15BrO2/c1-10-8-9-19-16(10)15(18)13-6-7-14(17)12-5-3-2-4-11(12)13/h2-7,10,16H,8-9H2,1H3. The monoisotopic (exact) mass is 318 g/mol. The van der Waals surface area contributed by atoms with Crippen LogP contribution in [0.1, 0.15) is 23.7 Å². The van der Waals surface area contributed by atoms with E-state index in [9.17, 15) is 4.79 Å². The highest BCUT2D eigenvalue weighted by Crippen LogP contribution is 2.30. The van der Waals surface area contributed by atoms with Crippen LogP contribution in [0.3, 0.4) is 0 Å². The number of ether oxygens (including phenoxy) is 1. The molecule has 19 heavy (non-hydrogen) atoms. The molecule has 2 aromatic rings. The molecule has 0 amide bonds. The summed E-state index contributed by atoms with van der Waals surface area (Å²) in [5.41, 5.74) is 0.762. The van der Waals surface area contributed by atoms with E-state index in [1.54, 1.807) is 0 Å². The maximum Gasteiger partial charge on any atom is 0.192 e. The molecule has 2 unspecified atom stereocenters. The summed E-state index contributed by atoms with van der Waals surface area (Å²) in [6.07, 6.45) is 0.676. The van der Waals surface area contributed by atoms with Crippen molar-refractivity contribution in [3.63, 3.8) is 0 Å². The van der Waals surface area contributed by atoms with Gasteiger partial charge in [-0.05, 0) is 35.2 Å². The maximum atomic E-state index is 12.6. The Morgan fingerprint density at radius 1 is 1.21 bits per heavy atom. The van der Waals surface area contributed by atoms with E-state index in [0.29, 0.717) is 12.5 Å². The van der Waals surface area contributed by atoms with Gasteiger partial charge in [0.25, 0.3) is 0 Å². The van der Waals surface area contributed by atoms with Gasteiger partial charge in [0.05, 0.1) is 0 Å². The molecule has 0 aliphatic carbocycles. The fourth-order valence-electron chi connectivity index (χ4n) is 2.66. The molecule has 1 saturated heterocycles. The van der Waals surface area contributed by atoms with Gasteiger partial charge < -0.3 is 4.74 Å². The number of rotatable bonds is 2. The zero-order valence-corrected chi connectivity index (χ0v) is 12.3. The second kappa shape index (κ2) is 5.06. The number of fused-ring (bicyclic) bond motifs is 1. The van der Waals surface area contributed by atoms with E-state index in [4.69, 9.17) is 4.74 Å². The number of benzene rings is 2. The minimum atomic E-state index is -0.287. The second-order valence-corrected chi connectivity index (χ2v) is 5.92. The molecule has 0 saturated carbocycles. The van der Waals surface area contributed by atoms with Gasteiger partial charge in [-0.3, -0.25) is 4.79 Å². The van der Waals surface area contributed by atoms with E-state index in [-0.39, 0.29) is 11.9 Å². The van der Waals surface area contributed by atoms with E-state index in [1.807, 2.05) is 36.4 Å². The van der Waals surface area contributed by atoms with E-state index < -0.39 is 0 Å². The average Bonchev–Trinajstić information content (AvgIpc) is 2.85. The number of ketones is 1. The van der Waals surface area contributed by atoms with Crippen molar-refractivity contribution in [2.75, 3.05) is 6.61 Å². The Hall–Kier alpha value is -1.19. The largest absolute Gasteiger partial charge is 0.370 e. The lowest BCUT2D eigenvalue weighted by Crippen LogP contribution is -2.25. The number of hydrogen-bond acceptors (Lipinski definition) is 2. The third kappa shape index (κ3) is 2.21. The van der Waals surface area contributed by atoms with Gasteiger partial charge in [0, 0.05) is 16.6 Å². The predicted octanol–water partition coefficient (Wildman–Crippen LogP) is 4.21. The summed E-state index contributed by atoms with van der Waals surface area (Å²) in [7, 11) is 0. The molecule has 1 heterocycles. The fraction of sp³-hybridized carbons (Fsp3) is 0.312. The Balaban J connectivity index is 2.10. The molecular formula is C16H15BrO2. The summed E-state index contributed by atoms with van der Waals surface area (Å²) in [6.45, 7) is 2.77. The van der Waals surface area contributed by atoms with Crippen LogP contribution in [0.2, 0.25) is 0 Å². The van der Waals surface area contributed by atoms with E-state index in [2.05, 4.69) is 22.9 Å². The Bertz CT molecular complexity index is 636. The third-order valence-electron chi connectivity index (χ3n) is 3.78. The third-order valence-corrected chi connectivity index (χ3v) is 4.47. The normalized spacial score (nSPS) is 22.8. The van der Waals surface area contributed by atoms with E-state index in [1.165, 1.54) is 0 Å². The van der Waals surface area contributed by atoms with Crippen molar-refractivity contribution < 1.29 is 9.53 Å². The summed E-state index contributed by atoms with van der Waals surface area (Å²) < 4.78 is 6.61. The van der Waals surface area contributed by atoms with Crippen molar-refractivity contribution in [2.24, 2.45) is 5.92 Å². The number of carbonyl (C=O) groups is 1. The highest BCUT2D eigenvalue weighted by atomic mass is 79.9. The van der Waals surface area contributed by atoms with Gasteiger partial charge >= 0.3 is 0 Å². The van der Waals surface area contributed by atoms with Crippen molar-refractivity contribution >= 4 is 32.5 Å². The Labute approximate surface area is 120 Å². The minimum Gasteiger partial charge on any atom is -0.370 e. The Morgan fingerprint density at radius 3 is 2.63 bits per heavy atom. The van der Waals surface area contributed by atoms with Crippen LogP contribution in [-0.2, 0) is 4.74 Å². The van der Waals surface area contributed by atoms with Crippen LogP contribution in [-0.4, -0.2) is 18.5 Å². The lowest BCUT2D eigenvalue weighted by atomic mass is 9.93. The number of carbonyl (C=O) groups excluding carboxylic acids is 1. The van der Waals surface area contributed by atoms with Gasteiger partial charge in [-0.2, -0.15) is 0 Å². The van der Waals surface area contributed by atoms with Crippen molar-refractivity contribution in [2.45, 2.75) is 19.4 Å². The fourth-order valence-corrected chi connectivity index (χ4v) is 3.14. The Morgan fingerprint density at radius 2 is 1.95 bits per heavy atom. The van der Waals surface area contributed by atoms with Crippen molar-refractivity contribution in [3.8, 4) is 0 Å². The van der Waals surface area contributed by atoms with Crippen molar-refractivity contribution in [3.05, 3.63) is 46.4 Å². The van der Waals surface area contributed by atoms with Crippen LogP contribution in [0.25, 0.3) is 10.8 Å². The van der Waals surface area contributed by atoms with Crippen molar-refractivity contribution in [1.29, 1.82) is 0 Å². The van der Waals surface area contributed by atoms with Crippen LogP contribution >= 0.6 is 15.9 Å². The summed E-state index contributed by atoms with van der Waals surface area (Å²) in [6, 6.07) is 11.8. The lowest BCUT2D eigenvalue weighted by Gasteiger charge is -2.15.